The smallest absolute Gasteiger partial charge is 0.174 e. The van der Waals surface area contributed by atoms with Crippen molar-refractivity contribution in [3.63, 3.8) is 0 Å². The standard InChI is InChI=1S/C34H26O/c35-34(30-24-14-5-15-25-30)33(29-22-12-4-13-23-29)32(28-20-10-3-11-21-28)31(26-16-6-1-7-17-26)27-18-8-2-9-19-27/h1-25,33H. The van der Waals surface area contributed by atoms with Gasteiger partial charge in [-0.15, -0.1) is 0 Å². The molecule has 0 saturated carbocycles. The molecule has 0 fully saturated rings. The van der Waals surface area contributed by atoms with E-state index in [0.717, 1.165) is 33.4 Å². The van der Waals surface area contributed by atoms with Crippen molar-refractivity contribution in [2.75, 3.05) is 0 Å². The molecule has 0 heterocycles. The normalized spacial score (nSPS) is 11.4. The largest absolute Gasteiger partial charge is 0.293 e. The van der Waals surface area contributed by atoms with Gasteiger partial charge in [0.05, 0.1) is 5.92 Å². The van der Waals surface area contributed by atoms with Crippen LogP contribution in [0, 0.1) is 0 Å². The molecule has 0 N–H and O–H groups in total. The first-order valence-electron chi connectivity index (χ1n) is 11.9. The predicted molar refractivity (Wildman–Crippen MR) is 145 cm³/mol. The molecule has 5 rings (SSSR count). The molecule has 0 aliphatic heterocycles. The van der Waals surface area contributed by atoms with Gasteiger partial charge in [-0.3, -0.25) is 4.79 Å². The lowest BCUT2D eigenvalue weighted by atomic mass is 9.76. The van der Waals surface area contributed by atoms with Gasteiger partial charge >= 0.3 is 0 Å². The molecule has 1 atom stereocenters. The lowest BCUT2D eigenvalue weighted by Crippen LogP contribution is -2.17. The maximum atomic E-state index is 14.3. The van der Waals surface area contributed by atoms with E-state index < -0.39 is 5.92 Å². The SMILES string of the molecule is O=C(c1ccccc1)C(C(=C(c1ccccc1)c1ccccc1)c1ccccc1)c1ccccc1. The van der Waals surface area contributed by atoms with Crippen molar-refractivity contribution in [1.29, 1.82) is 0 Å². The van der Waals surface area contributed by atoms with Crippen LogP contribution in [-0.4, -0.2) is 5.78 Å². The Bertz CT molecular complexity index is 1360. The van der Waals surface area contributed by atoms with Crippen LogP contribution < -0.4 is 0 Å². The molecule has 0 spiro atoms. The van der Waals surface area contributed by atoms with Gasteiger partial charge in [0.25, 0.3) is 0 Å². The van der Waals surface area contributed by atoms with E-state index in [1.54, 1.807) is 0 Å². The molecule has 0 bridgehead atoms. The molecule has 0 aromatic heterocycles. The molecule has 5 aromatic rings. The van der Waals surface area contributed by atoms with Crippen LogP contribution >= 0.6 is 0 Å². The summed E-state index contributed by atoms with van der Waals surface area (Å²) >= 11 is 0. The predicted octanol–water partition coefficient (Wildman–Crippen LogP) is 8.31. The highest BCUT2D eigenvalue weighted by Gasteiger charge is 2.30. The van der Waals surface area contributed by atoms with Crippen LogP contribution in [0.3, 0.4) is 0 Å². The fourth-order valence-electron chi connectivity index (χ4n) is 4.62. The van der Waals surface area contributed by atoms with Gasteiger partial charge in [0, 0.05) is 5.56 Å². The lowest BCUT2D eigenvalue weighted by Gasteiger charge is -2.25. The third kappa shape index (κ3) is 4.90. The first-order valence-corrected chi connectivity index (χ1v) is 11.9. The minimum atomic E-state index is -0.476. The van der Waals surface area contributed by atoms with E-state index in [-0.39, 0.29) is 5.78 Å². The maximum Gasteiger partial charge on any atom is 0.174 e. The van der Waals surface area contributed by atoms with E-state index >= 15 is 0 Å². The molecule has 0 radical (unpaired) electrons. The number of carbonyl (C=O) groups excluding carboxylic acids is 1. The summed E-state index contributed by atoms with van der Waals surface area (Å²) in [7, 11) is 0. The molecule has 0 aliphatic rings. The highest BCUT2D eigenvalue weighted by molar-refractivity contribution is 6.14. The second-order valence-electron chi connectivity index (χ2n) is 8.46. The first-order chi connectivity index (χ1) is 17.3. The maximum absolute atomic E-state index is 14.3. The van der Waals surface area contributed by atoms with Crippen LogP contribution in [0.1, 0.15) is 38.5 Å². The summed E-state index contributed by atoms with van der Waals surface area (Å²) < 4.78 is 0. The quantitative estimate of drug-likeness (QED) is 0.180. The van der Waals surface area contributed by atoms with Crippen molar-refractivity contribution in [3.05, 3.63) is 179 Å². The Labute approximate surface area is 207 Å². The van der Waals surface area contributed by atoms with Crippen molar-refractivity contribution < 1.29 is 4.79 Å². The summed E-state index contributed by atoms with van der Waals surface area (Å²) in [5, 5.41) is 0. The topological polar surface area (TPSA) is 17.1 Å². The molecule has 168 valence electrons. The molecule has 0 aliphatic carbocycles. The van der Waals surface area contributed by atoms with Crippen LogP contribution in [0.25, 0.3) is 11.1 Å². The van der Waals surface area contributed by atoms with Crippen molar-refractivity contribution >= 4 is 16.9 Å². The van der Waals surface area contributed by atoms with Crippen molar-refractivity contribution in [1.82, 2.24) is 0 Å². The third-order valence-corrected chi connectivity index (χ3v) is 6.22. The van der Waals surface area contributed by atoms with Gasteiger partial charge in [-0.25, -0.2) is 0 Å². The highest BCUT2D eigenvalue weighted by atomic mass is 16.1. The van der Waals surface area contributed by atoms with Gasteiger partial charge in [-0.2, -0.15) is 0 Å². The molecule has 35 heavy (non-hydrogen) atoms. The Morgan fingerprint density at radius 1 is 0.400 bits per heavy atom. The molecule has 1 heteroatoms. The summed E-state index contributed by atoms with van der Waals surface area (Å²) in [6.07, 6.45) is 0. The molecule has 0 saturated heterocycles. The van der Waals surface area contributed by atoms with Crippen molar-refractivity contribution in [3.8, 4) is 0 Å². The first kappa shape index (κ1) is 22.3. The van der Waals surface area contributed by atoms with Crippen LogP contribution in [0.2, 0.25) is 0 Å². The number of benzene rings is 5. The summed E-state index contributed by atoms with van der Waals surface area (Å²) in [5.74, 6) is -0.392. The molecule has 5 aromatic carbocycles. The average Bonchev–Trinajstić information content (AvgIpc) is 2.95. The monoisotopic (exact) mass is 450 g/mol. The Kier molecular flexibility index (Phi) is 6.77. The van der Waals surface area contributed by atoms with Gasteiger partial charge in [-0.05, 0) is 33.4 Å². The zero-order valence-corrected chi connectivity index (χ0v) is 19.4. The van der Waals surface area contributed by atoms with Crippen LogP contribution in [-0.2, 0) is 0 Å². The number of hydrogen-bond donors (Lipinski definition) is 0. The van der Waals surface area contributed by atoms with Gasteiger partial charge in [0.1, 0.15) is 0 Å². The minimum Gasteiger partial charge on any atom is -0.293 e. The highest BCUT2D eigenvalue weighted by Crippen LogP contribution is 2.42. The molecule has 1 unspecified atom stereocenters. The van der Waals surface area contributed by atoms with Crippen LogP contribution in [0.15, 0.2) is 152 Å². The second-order valence-corrected chi connectivity index (χ2v) is 8.46. The fraction of sp³-hybridized carbons (Fsp3) is 0.0294. The Hall–Kier alpha value is -4.49. The van der Waals surface area contributed by atoms with Crippen molar-refractivity contribution in [2.45, 2.75) is 5.92 Å². The molecule has 0 amide bonds. The van der Waals surface area contributed by atoms with E-state index in [4.69, 9.17) is 0 Å². The number of hydrogen-bond acceptors (Lipinski definition) is 1. The average molecular weight is 451 g/mol. The lowest BCUT2D eigenvalue weighted by molar-refractivity contribution is 0.0979. The fourth-order valence-corrected chi connectivity index (χ4v) is 4.62. The third-order valence-electron chi connectivity index (χ3n) is 6.22. The Morgan fingerprint density at radius 3 is 1.17 bits per heavy atom. The van der Waals surface area contributed by atoms with Gasteiger partial charge in [0.2, 0.25) is 0 Å². The summed E-state index contributed by atoms with van der Waals surface area (Å²) in [6.45, 7) is 0. The Morgan fingerprint density at radius 2 is 0.743 bits per heavy atom. The molecular formula is C34H26O. The Balaban J connectivity index is 1.88. The number of rotatable bonds is 7. The van der Waals surface area contributed by atoms with Crippen LogP contribution in [0.5, 0.6) is 0 Å². The van der Waals surface area contributed by atoms with Crippen molar-refractivity contribution in [2.24, 2.45) is 0 Å². The number of allylic oxidation sites excluding steroid dienone is 1. The minimum absolute atomic E-state index is 0.0833. The molecule has 1 nitrogen and oxygen atoms in total. The number of Topliss-reactive ketones (excluding diaryl/α,β-unsaturated/α-hetero) is 1. The van der Waals surface area contributed by atoms with E-state index in [0.29, 0.717) is 5.56 Å². The zero-order valence-electron chi connectivity index (χ0n) is 19.4. The van der Waals surface area contributed by atoms with E-state index in [1.165, 1.54) is 0 Å². The number of carbonyl (C=O) groups is 1. The summed E-state index contributed by atoms with van der Waals surface area (Å²) in [6, 6.07) is 50.8. The van der Waals surface area contributed by atoms with Gasteiger partial charge in [0.15, 0.2) is 5.78 Å². The van der Waals surface area contributed by atoms with Gasteiger partial charge in [-0.1, -0.05) is 152 Å². The van der Waals surface area contributed by atoms with Gasteiger partial charge < -0.3 is 0 Å². The summed E-state index contributed by atoms with van der Waals surface area (Å²) in [4.78, 5) is 14.3. The summed E-state index contributed by atoms with van der Waals surface area (Å²) in [5.41, 5.74) is 6.95. The van der Waals surface area contributed by atoms with E-state index in [9.17, 15) is 4.79 Å². The van der Waals surface area contributed by atoms with E-state index in [2.05, 4.69) is 72.8 Å². The second kappa shape index (κ2) is 10.6. The number of ketones is 1. The van der Waals surface area contributed by atoms with E-state index in [1.807, 2.05) is 78.9 Å². The molecular weight excluding hydrogens is 424 g/mol. The zero-order chi connectivity index (χ0) is 23.9. The van der Waals surface area contributed by atoms with Crippen LogP contribution in [0.4, 0.5) is 0 Å².